The summed E-state index contributed by atoms with van der Waals surface area (Å²) in [6, 6.07) is 13.7. The fourth-order valence-corrected chi connectivity index (χ4v) is 4.01. The van der Waals surface area contributed by atoms with Crippen molar-refractivity contribution in [2.75, 3.05) is 13.2 Å². The second kappa shape index (κ2) is 11.4. The van der Waals surface area contributed by atoms with Crippen LogP contribution < -0.4 is 5.56 Å². The van der Waals surface area contributed by atoms with Crippen molar-refractivity contribution in [3.05, 3.63) is 75.8 Å². The largest absolute Gasteiger partial charge is 0.462 e. The summed E-state index contributed by atoms with van der Waals surface area (Å²) >= 11 is 0. The maximum absolute atomic E-state index is 13.1. The molecule has 8 heteroatoms. The Morgan fingerprint density at radius 2 is 1.79 bits per heavy atom. The van der Waals surface area contributed by atoms with Crippen LogP contribution in [-0.4, -0.2) is 36.8 Å². The first-order valence-corrected chi connectivity index (χ1v) is 14.9. The van der Waals surface area contributed by atoms with Crippen molar-refractivity contribution in [3.63, 3.8) is 0 Å². The zero-order chi connectivity index (χ0) is 23.8. The molecule has 0 radical (unpaired) electrons. The number of rotatable bonds is 11. The number of carbonyl (C=O) groups excluding carboxylic acids is 1. The zero-order valence-corrected chi connectivity index (χ0v) is 20.8. The number of esters is 1. The Balaban J connectivity index is 1.65. The van der Waals surface area contributed by atoms with E-state index in [1.54, 1.807) is 19.1 Å². The van der Waals surface area contributed by atoms with Gasteiger partial charge in [-0.05, 0) is 42.3 Å². The molecule has 0 spiro atoms. The Morgan fingerprint density at radius 1 is 1.03 bits per heavy atom. The van der Waals surface area contributed by atoms with Gasteiger partial charge < -0.3 is 14.2 Å². The van der Waals surface area contributed by atoms with Crippen LogP contribution in [0.4, 0.5) is 0 Å². The van der Waals surface area contributed by atoms with Gasteiger partial charge in [0.1, 0.15) is 13.1 Å². The summed E-state index contributed by atoms with van der Waals surface area (Å²) in [5, 5.41) is 0.548. The quantitative estimate of drug-likeness (QED) is 0.232. The van der Waals surface area contributed by atoms with Crippen molar-refractivity contribution in [2.45, 2.75) is 52.6 Å². The molecule has 3 aromatic rings. The van der Waals surface area contributed by atoms with Gasteiger partial charge in [0.25, 0.3) is 5.56 Å². The SMILES string of the molecule is CCOC(=O)c1ccc(COCc2cccc3ncn(COCC[Si](C)(C)C)c(=O)c23)cc1. The Bertz CT molecular complexity index is 1140. The molecular weight excluding hydrogens is 436 g/mol. The number of ether oxygens (including phenoxy) is 3. The van der Waals surface area contributed by atoms with Crippen LogP contribution in [0.1, 0.15) is 28.4 Å². The highest BCUT2D eigenvalue weighted by Gasteiger charge is 2.13. The molecule has 1 aromatic heterocycles. The van der Waals surface area contributed by atoms with E-state index in [0.717, 1.165) is 17.2 Å². The molecule has 0 aliphatic carbocycles. The van der Waals surface area contributed by atoms with Crippen LogP contribution >= 0.6 is 0 Å². The molecule has 33 heavy (non-hydrogen) atoms. The van der Waals surface area contributed by atoms with Crippen LogP contribution in [0.3, 0.4) is 0 Å². The summed E-state index contributed by atoms with van der Waals surface area (Å²) in [7, 11) is -1.18. The predicted molar refractivity (Wildman–Crippen MR) is 131 cm³/mol. The fraction of sp³-hybridized carbons (Fsp3) is 0.400. The predicted octanol–water partition coefficient (Wildman–Crippen LogP) is 4.60. The Hall–Kier alpha value is -2.81. The molecule has 0 N–H and O–H groups in total. The molecule has 1 heterocycles. The van der Waals surface area contributed by atoms with Crippen LogP contribution in [0.25, 0.3) is 10.9 Å². The maximum Gasteiger partial charge on any atom is 0.338 e. The molecule has 176 valence electrons. The topological polar surface area (TPSA) is 79.7 Å². The molecule has 0 amide bonds. The minimum absolute atomic E-state index is 0.133. The molecule has 0 fully saturated rings. The van der Waals surface area contributed by atoms with Crippen LogP contribution in [0.2, 0.25) is 25.7 Å². The highest BCUT2D eigenvalue weighted by molar-refractivity contribution is 6.76. The van der Waals surface area contributed by atoms with E-state index in [0.29, 0.717) is 36.3 Å². The van der Waals surface area contributed by atoms with Gasteiger partial charge in [-0.15, -0.1) is 0 Å². The van der Waals surface area contributed by atoms with Crippen LogP contribution in [-0.2, 0) is 34.2 Å². The maximum atomic E-state index is 13.1. The first-order valence-electron chi connectivity index (χ1n) is 11.2. The Morgan fingerprint density at radius 3 is 2.48 bits per heavy atom. The molecular formula is C25H32N2O5Si. The standard InChI is InChI=1S/C25H32N2O5Si/c1-5-32-25(29)20-11-9-19(10-12-20)15-31-16-21-7-6-8-22-23(21)24(28)27(17-26-22)18-30-13-14-33(2,3)4/h6-12,17H,5,13-16,18H2,1-4H3. The second-order valence-electron chi connectivity index (χ2n) is 9.09. The van der Waals surface area contributed by atoms with Crippen molar-refractivity contribution < 1.29 is 19.0 Å². The number of hydrogen-bond donors (Lipinski definition) is 0. The summed E-state index contributed by atoms with van der Waals surface area (Å²) in [5.74, 6) is -0.339. The Labute approximate surface area is 195 Å². The van der Waals surface area contributed by atoms with E-state index in [1.165, 1.54) is 10.9 Å². The number of carbonyl (C=O) groups is 1. The lowest BCUT2D eigenvalue weighted by Crippen LogP contribution is -2.25. The lowest BCUT2D eigenvalue weighted by atomic mass is 10.1. The van der Waals surface area contributed by atoms with Gasteiger partial charge in [0.15, 0.2) is 0 Å². The minimum atomic E-state index is -1.18. The van der Waals surface area contributed by atoms with Crippen LogP contribution in [0, 0.1) is 0 Å². The summed E-state index contributed by atoms with van der Waals surface area (Å²) in [5.41, 5.74) is 2.72. The Kier molecular flexibility index (Phi) is 8.54. The van der Waals surface area contributed by atoms with Crippen molar-refractivity contribution in [2.24, 2.45) is 0 Å². The molecule has 2 aromatic carbocycles. The molecule has 3 rings (SSSR count). The summed E-state index contributed by atoms with van der Waals surface area (Å²) in [6.45, 7) is 10.5. The smallest absolute Gasteiger partial charge is 0.338 e. The summed E-state index contributed by atoms with van der Waals surface area (Å²) in [6.07, 6.45) is 1.54. The van der Waals surface area contributed by atoms with E-state index in [2.05, 4.69) is 24.6 Å². The number of fused-ring (bicyclic) bond motifs is 1. The van der Waals surface area contributed by atoms with Crippen molar-refractivity contribution in [1.29, 1.82) is 0 Å². The van der Waals surface area contributed by atoms with E-state index in [4.69, 9.17) is 14.2 Å². The average molecular weight is 469 g/mol. The molecule has 0 saturated heterocycles. The molecule has 0 saturated carbocycles. The number of aromatic nitrogens is 2. The first-order chi connectivity index (χ1) is 15.8. The lowest BCUT2D eigenvalue weighted by Gasteiger charge is -2.16. The molecule has 7 nitrogen and oxygen atoms in total. The van der Waals surface area contributed by atoms with E-state index in [9.17, 15) is 9.59 Å². The van der Waals surface area contributed by atoms with E-state index >= 15 is 0 Å². The number of nitrogens with zero attached hydrogens (tertiary/aromatic N) is 2. The highest BCUT2D eigenvalue weighted by atomic mass is 28.3. The van der Waals surface area contributed by atoms with Gasteiger partial charge in [-0.1, -0.05) is 43.9 Å². The van der Waals surface area contributed by atoms with Crippen molar-refractivity contribution in [3.8, 4) is 0 Å². The lowest BCUT2D eigenvalue weighted by molar-refractivity contribution is 0.0526. The van der Waals surface area contributed by atoms with Crippen molar-refractivity contribution in [1.82, 2.24) is 9.55 Å². The van der Waals surface area contributed by atoms with Crippen LogP contribution in [0.5, 0.6) is 0 Å². The third kappa shape index (κ3) is 7.08. The molecule has 0 bridgehead atoms. The normalized spacial score (nSPS) is 11.6. The van der Waals surface area contributed by atoms with Gasteiger partial charge in [0.05, 0.1) is 36.3 Å². The average Bonchev–Trinajstić information content (AvgIpc) is 2.78. The van der Waals surface area contributed by atoms with Gasteiger partial charge in [0, 0.05) is 14.7 Å². The molecule has 0 unspecified atom stereocenters. The second-order valence-corrected chi connectivity index (χ2v) is 14.7. The monoisotopic (exact) mass is 468 g/mol. The van der Waals surface area contributed by atoms with Crippen LogP contribution in [0.15, 0.2) is 53.6 Å². The third-order valence-electron chi connectivity index (χ3n) is 5.16. The highest BCUT2D eigenvalue weighted by Crippen LogP contribution is 2.16. The number of hydrogen-bond acceptors (Lipinski definition) is 6. The molecule has 0 aliphatic rings. The molecule has 0 atom stereocenters. The number of benzene rings is 2. The fourth-order valence-electron chi connectivity index (χ4n) is 3.25. The minimum Gasteiger partial charge on any atom is -0.462 e. The zero-order valence-electron chi connectivity index (χ0n) is 19.8. The summed E-state index contributed by atoms with van der Waals surface area (Å²) in [4.78, 5) is 29.3. The van der Waals surface area contributed by atoms with Gasteiger partial charge in [-0.3, -0.25) is 9.36 Å². The third-order valence-corrected chi connectivity index (χ3v) is 6.86. The van der Waals surface area contributed by atoms with E-state index in [-0.39, 0.29) is 24.9 Å². The summed E-state index contributed by atoms with van der Waals surface area (Å²) < 4.78 is 18.1. The first kappa shape index (κ1) is 24.8. The van der Waals surface area contributed by atoms with Gasteiger partial charge >= 0.3 is 5.97 Å². The van der Waals surface area contributed by atoms with Gasteiger partial charge in [0.2, 0.25) is 0 Å². The van der Waals surface area contributed by atoms with Gasteiger partial charge in [-0.25, -0.2) is 9.78 Å². The van der Waals surface area contributed by atoms with Gasteiger partial charge in [-0.2, -0.15) is 0 Å². The molecule has 0 aliphatic heterocycles. The van der Waals surface area contributed by atoms with E-state index < -0.39 is 8.07 Å². The van der Waals surface area contributed by atoms with E-state index in [1.807, 2.05) is 30.3 Å². The van der Waals surface area contributed by atoms with Crippen molar-refractivity contribution >= 4 is 24.9 Å².